The van der Waals surface area contributed by atoms with Gasteiger partial charge in [0.2, 0.25) is 0 Å². The molecule has 3 N–H and O–H groups in total. The molecule has 1 aromatic rings. The minimum Gasteiger partial charge on any atom is -0.491 e. The van der Waals surface area contributed by atoms with E-state index in [1.54, 1.807) is 0 Å². The van der Waals surface area contributed by atoms with Crippen LogP contribution in [0.1, 0.15) is 52.6 Å². The molecular formula is C18H30N2O3. The molecule has 0 aliphatic heterocycles. The van der Waals surface area contributed by atoms with Gasteiger partial charge in [-0.1, -0.05) is 26.0 Å². The first-order valence-electron chi connectivity index (χ1n) is 8.28. The minimum atomic E-state index is -0.222. The van der Waals surface area contributed by atoms with E-state index >= 15 is 0 Å². The molecule has 0 bridgehead atoms. The van der Waals surface area contributed by atoms with Crippen LogP contribution in [0, 0.1) is 5.92 Å². The third kappa shape index (κ3) is 6.91. The number of ether oxygens (including phenoxy) is 1. The van der Waals surface area contributed by atoms with Gasteiger partial charge in [0, 0.05) is 12.6 Å². The first-order chi connectivity index (χ1) is 10.8. The molecule has 23 heavy (non-hydrogen) atoms. The summed E-state index contributed by atoms with van der Waals surface area (Å²) in [5.41, 5.74) is 0.988. The molecule has 2 atom stereocenters. The zero-order valence-electron chi connectivity index (χ0n) is 14.8. The molecule has 0 fully saturated rings. The molecule has 0 aromatic heterocycles. The summed E-state index contributed by atoms with van der Waals surface area (Å²) in [6.45, 7) is 10.0. The van der Waals surface area contributed by atoms with Gasteiger partial charge in [0.15, 0.2) is 0 Å². The number of amides is 2. The Hall–Kier alpha value is -1.75. The fourth-order valence-electron chi connectivity index (χ4n) is 2.33. The topological polar surface area (TPSA) is 70.6 Å². The molecule has 5 heteroatoms. The highest BCUT2D eigenvalue weighted by molar-refractivity contribution is 5.74. The molecule has 1 rings (SSSR count). The van der Waals surface area contributed by atoms with Crippen molar-refractivity contribution in [2.24, 2.45) is 5.92 Å². The summed E-state index contributed by atoms with van der Waals surface area (Å²) in [7, 11) is 0. The van der Waals surface area contributed by atoms with Crippen molar-refractivity contribution in [2.45, 2.75) is 59.2 Å². The lowest BCUT2D eigenvalue weighted by Gasteiger charge is -2.23. The summed E-state index contributed by atoms with van der Waals surface area (Å²) in [6.07, 6.45) is 0.666. The van der Waals surface area contributed by atoms with E-state index in [0.717, 1.165) is 11.3 Å². The quantitative estimate of drug-likeness (QED) is 0.688. The summed E-state index contributed by atoms with van der Waals surface area (Å²) < 4.78 is 5.68. The van der Waals surface area contributed by atoms with Gasteiger partial charge in [-0.2, -0.15) is 0 Å². The van der Waals surface area contributed by atoms with Crippen molar-refractivity contribution in [3.05, 3.63) is 29.8 Å². The van der Waals surface area contributed by atoms with Crippen LogP contribution >= 0.6 is 0 Å². The fourth-order valence-corrected chi connectivity index (χ4v) is 2.33. The lowest BCUT2D eigenvalue weighted by molar-refractivity contribution is 0.216. The van der Waals surface area contributed by atoms with E-state index in [2.05, 4.69) is 10.6 Å². The third-order valence-corrected chi connectivity index (χ3v) is 3.64. The lowest BCUT2D eigenvalue weighted by Crippen LogP contribution is -2.45. The number of hydrogen-bond donors (Lipinski definition) is 3. The summed E-state index contributed by atoms with van der Waals surface area (Å²) in [4.78, 5) is 12.1. The highest BCUT2D eigenvalue weighted by Gasteiger charge is 2.17. The Morgan fingerprint density at radius 1 is 1.17 bits per heavy atom. The van der Waals surface area contributed by atoms with Crippen LogP contribution in [0.2, 0.25) is 0 Å². The monoisotopic (exact) mass is 322 g/mol. The number of hydrogen-bond acceptors (Lipinski definition) is 3. The number of benzene rings is 1. The van der Waals surface area contributed by atoms with Gasteiger partial charge in [0.1, 0.15) is 5.75 Å². The molecule has 0 aliphatic rings. The third-order valence-electron chi connectivity index (χ3n) is 3.64. The van der Waals surface area contributed by atoms with Crippen LogP contribution < -0.4 is 15.4 Å². The molecular weight excluding hydrogens is 292 g/mol. The lowest BCUT2D eigenvalue weighted by atomic mass is 10.0. The van der Waals surface area contributed by atoms with E-state index < -0.39 is 0 Å². The Bertz CT molecular complexity index is 489. The van der Waals surface area contributed by atoms with Crippen molar-refractivity contribution < 1.29 is 14.6 Å². The van der Waals surface area contributed by atoms with Gasteiger partial charge < -0.3 is 20.5 Å². The van der Waals surface area contributed by atoms with Crippen LogP contribution in [0.3, 0.4) is 0 Å². The molecule has 0 heterocycles. The second-order valence-electron chi connectivity index (χ2n) is 6.44. The molecule has 0 aliphatic carbocycles. The first-order valence-corrected chi connectivity index (χ1v) is 8.28. The average Bonchev–Trinajstić information content (AvgIpc) is 2.46. The highest BCUT2D eigenvalue weighted by Crippen LogP contribution is 2.20. The fraction of sp³-hybridized carbons (Fsp3) is 0.611. The van der Waals surface area contributed by atoms with Crippen molar-refractivity contribution in [3.63, 3.8) is 0 Å². The Labute approximate surface area is 139 Å². The van der Waals surface area contributed by atoms with Gasteiger partial charge in [-0.05, 0) is 50.8 Å². The number of nitrogens with one attached hydrogen (secondary N) is 2. The Morgan fingerprint density at radius 3 is 2.43 bits per heavy atom. The predicted octanol–water partition coefficient (Wildman–Crippen LogP) is 3.24. The van der Waals surface area contributed by atoms with Crippen molar-refractivity contribution in [1.29, 1.82) is 0 Å². The molecule has 2 unspecified atom stereocenters. The van der Waals surface area contributed by atoms with Crippen molar-refractivity contribution >= 4 is 6.03 Å². The van der Waals surface area contributed by atoms with Gasteiger partial charge >= 0.3 is 6.03 Å². The van der Waals surface area contributed by atoms with Crippen LogP contribution in [0.25, 0.3) is 0 Å². The zero-order valence-corrected chi connectivity index (χ0v) is 14.8. The van der Waals surface area contributed by atoms with E-state index in [-0.39, 0.29) is 36.7 Å². The van der Waals surface area contributed by atoms with Crippen LogP contribution in [0.4, 0.5) is 4.79 Å². The predicted molar refractivity (Wildman–Crippen MR) is 92.6 cm³/mol. The van der Waals surface area contributed by atoms with Gasteiger partial charge in [-0.3, -0.25) is 0 Å². The summed E-state index contributed by atoms with van der Waals surface area (Å²) in [5.74, 6) is 1.07. The van der Waals surface area contributed by atoms with E-state index in [1.165, 1.54) is 0 Å². The molecule has 130 valence electrons. The Kier molecular flexibility index (Phi) is 7.89. The van der Waals surface area contributed by atoms with E-state index in [9.17, 15) is 4.79 Å². The molecule has 0 saturated heterocycles. The van der Waals surface area contributed by atoms with Crippen molar-refractivity contribution in [1.82, 2.24) is 10.6 Å². The number of carbonyl (C=O) groups excluding carboxylic acids is 1. The summed E-state index contributed by atoms with van der Waals surface area (Å²) >= 11 is 0. The maximum Gasteiger partial charge on any atom is 0.315 e. The number of carbonyl (C=O) groups is 1. The van der Waals surface area contributed by atoms with E-state index in [4.69, 9.17) is 9.84 Å². The van der Waals surface area contributed by atoms with E-state index in [1.807, 2.05) is 58.9 Å². The van der Waals surface area contributed by atoms with Gasteiger partial charge in [-0.25, -0.2) is 4.79 Å². The van der Waals surface area contributed by atoms with Gasteiger partial charge in [0.05, 0.1) is 12.1 Å². The number of aliphatic hydroxyl groups is 1. The maximum atomic E-state index is 12.1. The average molecular weight is 322 g/mol. The van der Waals surface area contributed by atoms with Crippen molar-refractivity contribution in [3.8, 4) is 5.75 Å². The summed E-state index contributed by atoms with van der Waals surface area (Å²) in [5, 5.41) is 14.9. The standard InChI is InChI=1S/C18H30N2O3/c1-12(2)17(9-10-21)20-18(22)19-14(5)15-7-6-8-16(11-15)23-13(3)4/h6-8,11-14,17,21H,9-10H2,1-5H3,(H2,19,20,22). The molecule has 0 radical (unpaired) electrons. The Balaban J connectivity index is 2.64. The molecule has 0 saturated carbocycles. The van der Waals surface area contributed by atoms with E-state index in [0.29, 0.717) is 6.42 Å². The molecule has 2 amide bonds. The van der Waals surface area contributed by atoms with Gasteiger partial charge in [-0.15, -0.1) is 0 Å². The SMILES string of the molecule is CC(C)Oc1cccc(C(C)NC(=O)NC(CCO)C(C)C)c1. The van der Waals surface area contributed by atoms with Crippen molar-refractivity contribution in [2.75, 3.05) is 6.61 Å². The van der Waals surface area contributed by atoms with Crippen LogP contribution in [0.15, 0.2) is 24.3 Å². The number of urea groups is 1. The second kappa shape index (κ2) is 9.40. The number of aliphatic hydroxyl groups excluding tert-OH is 1. The second-order valence-corrected chi connectivity index (χ2v) is 6.44. The Morgan fingerprint density at radius 2 is 1.87 bits per heavy atom. The summed E-state index contributed by atoms with van der Waals surface area (Å²) in [6, 6.07) is 7.35. The largest absolute Gasteiger partial charge is 0.491 e. The smallest absolute Gasteiger partial charge is 0.315 e. The first kappa shape index (κ1) is 19.3. The maximum absolute atomic E-state index is 12.1. The van der Waals surface area contributed by atoms with Crippen LogP contribution in [-0.4, -0.2) is 29.9 Å². The van der Waals surface area contributed by atoms with Crippen LogP contribution in [0.5, 0.6) is 5.75 Å². The minimum absolute atomic E-state index is 0.0391. The van der Waals surface area contributed by atoms with Gasteiger partial charge in [0.25, 0.3) is 0 Å². The highest BCUT2D eigenvalue weighted by atomic mass is 16.5. The molecule has 5 nitrogen and oxygen atoms in total. The van der Waals surface area contributed by atoms with Crippen LogP contribution in [-0.2, 0) is 0 Å². The number of rotatable bonds is 8. The molecule has 1 aromatic carbocycles. The zero-order chi connectivity index (χ0) is 17.4. The normalized spacial score (nSPS) is 13.7. The molecule has 0 spiro atoms.